The molecule has 2 aliphatic heterocycles. The van der Waals surface area contributed by atoms with Gasteiger partial charge in [0.15, 0.2) is 0 Å². The van der Waals surface area contributed by atoms with Gasteiger partial charge in [-0.1, -0.05) is 13.0 Å². The molecule has 6 amide bonds. The highest BCUT2D eigenvalue weighted by atomic mass is 16.2. The van der Waals surface area contributed by atoms with Gasteiger partial charge >= 0.3 is 11.8 Å². The Kier molecular flexibility index (Phi) is 4.95. The first-order valence-corrected chi connectivity index (χ1v) is 8.71. The van der Waals surface area contributed by atoms with Gasteiger partial charge in [0.1, 0.15) is 6.04 Å². The van der Waals surface area contributed by atoms with Crippen molar-refractivity contribution in [3.8, 4) is 0 Å². The monoisotopic (exact) mass is 386 g/mol. The summed E-state index contributed by atoms with van der Waals surface area (Å²) in [5.41, 5.74) is -0.158. The van der Waals surface area contributed by atoms with Gasteiger partial charge in [-0.2, -0.15) is 0 Å². The van der Waals surface area contributed by atoms with Gasteiger partial charge in [-0.3, -0.25) is 39.0 Å². The van der Waals surface area contributed by atoms with E-state index in [0.29, 0.717) is 11.3 Å². The van der Waals surface area contributed by atoms with Crippen molar-refractivity contribution in [1.82, 2.24) is 15.5 Å². The predicted octanol–water partition coefficient (Wildman–Crippen LogP) is -0.449. The number of nitrogens with one attached hydrogen (secondary N) is 3. The zero-order valence-corrected chi connectivity index (χ0v) is 15.2. The third-order valence-electron chi connectivity index (χ3n) is 4.65. The molecule has 146 valence electrons. The maximum atomic E-state index is 12.8. The van der Waals surface area contributed by atoms with Crippen LogP contribution in [-0.4, -0.2) is 52.4 Å². The van der Waals surface area contributed by atoms with Crippen molar-refractivity contribution >= 4 is 41.1 Å². The molecule has 0 radical (unpaired) electrons. The van der Waals surface area contributed by atoms with Crippen molar-refractivity contribution < 1.29 is 28.8 Å². The number of anilines is 1. The summed E-state index contributed by atoms with van der Waals surface area (Å²) < 4.78 is 0. The Labute approximate surface area is 159 Å². The highest BCUT2D eigenvalue weighted by Gasteiger charge is 2.47. The number of amides is 6. The van der Waals surface area contributed by atoms with Gasteiger partial charge in [0.25, 0.3) is 11.8 Å². The molecule has 2 heterocycles. The van der Waals surface area contributed by atoms with Crippen molar-refractivity contribution in [2.45, 2.75) is 38.8 Å². The number of benzene rings is 1. The van der Waals surface area contributed by atoms with Crippen LogP contribution >= 0.6 is 0 Å². The van der Waals surface area contributed by atoms with Gasteiger partial charge in [-0.25, -0.2) is 0 Å². The van der Waals surface area contributed by atoms with Crippen molar-refractivity contribution in [1.29, 1.82) is 0 Å². The molecule has 2 aliphatic rings. The number of carbonyl (C=O) groups is 6. The van der Waals surface area contributed by atoms with Crippen LogP contribution in [0.25, 0.3) is 0 Å². The molecule has 0 aliphatic carbocycles. The fourth-order valence-corrected chi connectivity index (χ4v) is 3.01. The maximum absolute atomic E-state index is 12.8. The van der Waals surface area contributed by atoms with Crippen LogP contribution in [0.2, 0.25) is 0 Å². The number of rotatable bonds is 4. The van der Waals surface area contributed by atoms with Gasteiger partial charge in [-0.05, 0) is 25.5 Å². The SMILES string of the molecule is CCC(C)NC(=O)C(=O)Nc1cccc2c1C(=O)N(C1CC(=O)NC1=O)C2=O. The molecule has 1 aromatic carbocycles. The van der Waals surface area contributed by atoms with Gasteiger partial charge in [0, 0.05) is 6.04 Å². The third-order valence-corrected chi connectivity index (χ3v) is 4.65. The summed E-state index contributed by atoms with van der Waals surface area (Å²) >= 11 is 0. The number of fused-ring (bicyclic) bond motifs is 1. The van der Waals surface area contributed by atoms with E-state index in [0.717, 1.165) is 0 Å². The van der Waals surface area contributed by atoms with Crippen molar-refractivity contribution in [2.75, 3.05) is 5.32 Å². The molecule has 10 heteroatoms. The average Bonchev–Trinajstić information content (AvgIpc) is 3.11. The van der Waals surface area contributed by atoms with Crippen LogP contribution in [0.3, 0.4) is 0 Å². The summed E-state index contributed by atoms with van der Waals surface area (Å²) in [6.07, 6.45) is 0.313. The zero-order valence-electron chi connectivity index (χ0n) is 15.2. The van der Waals surface area contributed by atoms with Crippen LogP contribution in [0.5, 0.6) is 0 Å². The lowest BCUT2D eigenvalue weighted by Gasteiger charge is -2.18. The van der Waals surface area contributed by atoms with Crippen LogP contribution in [0.1, 0.15) is 47.4 Å². The van der Waals surface area contributed by atoms with Crippen LogP contribution < -0.4 is 16.0 Å². The lowest BCUT2D eigenvalue weighted by Crippen LogP contribution is -2.44. The molecule has 2 unspecified atom stereocenters. The molecule has 3 rings (SSSR count). The summed E-state index contributed by atoms with van der Waals surface area (Å²) in [6, 6.07) is 2.74. The lowest BCUT2D eigenvalue weighted by atomic mass is 10.1. The van der Waals surface area contributed by atoms with E-state index >= 15 is 0 Å². The maximum Gasteiger partial charge on any atom is 0.313 e. The molecule has 1 aromatic rings. The Balaban J connectivity index is 1.86. The van der Waals surface area contributed by atoms with Crippen molar-refractivity contribution in [3.63, 3.8) is 0 Å². The fourth-order valence-electron chi connectivity index (χ4n) is 3.01. The van der Waals surface area contributed by atoms with Crippen LogP contribution in [0.15, 0.2) is 18.2 Å². The minimum atomic E-state index is -1.24. The second kappa shape index (κ2) is 7.22. The summed E-state index contributed by atoms with van der Waals surface area (Å²) in [7, 11) is 0. The lowest BCUT2D eigenvalue weighted by molar-refractivity contribution is -0.136. The quantitative estimate of drug-likeness (QED) is 0.473. The van der Waals surface area contributed by atoms with Crippen molar-refractivity contribution in [2.24, 2.45) is 0 Å². The summed E-state index contributed by atoms with van der Waals surface area (Å²) in [4.78, 5) is 73.5. The second-order valence-corrected chi connectivity index (χ2v) is 6.58. The predicted molar refractivity (Wildman–Crippen MR) is 95.0 cm³/mol. The van der Waals surface area contributed by atoms with E-state index in [4.69, 9.17) is 0 Å². The van der Waals surface area contributed by atoms with E-state index in [-0.39, 0.29) is 29.3 Å². The molecule has 0 saturated carbocycles. The van der Waals surface area contributed by atoms with E-state index in [9.17, 15) is 28.8 Å². The Bertz CT molecular complexity index is 925. The van der Waals surface area contributed by atoms with Gasteiger partial charge in [0.2, 0.25) is 11.8 Å². The highest BCUT2D eigenvalue weighted by molar-refractivity contribution is 6.40. The number of nitrogens with zero attached hydrogens (tertiary/aromatic N) is 1. The standard InChI is InChI=1S/C18H18N4O6/c1-3-8(2)19-15(25)16(26)20-10-6-4-5-9-13(10)18(28)22(17(9)27)11-7-12(23)21-14(11)24/h4-6,8,11H,3,7H2,1-2H3,(H,19,25)(H,20,26)(H,21,23,24). The molecule has 28 heavy (non-hydrogen) atoms. The number of carbonyl (C=O) groups excluding carboxylic acids is 6. The van der Waals surface area contributed by atoms with Gasteiger partial charge in [0.05, 0.1) is 23.2 Å². The van der Waals surface area contributed by atoms with E-state index in [1.165, 1.54) is 18.2 Å². The first-order chi connectivity index (χ1) is 13.2. The molecule has 1 fully saturated rings. The first kappa shape index (κ1) is 19.2. The van der Waals surface area contributed by atoms with E-state index in [1.807, 2.05) is 6.92 Å². The van der Waals surface area contributed by atoms with E-state index in [2.05, 4.69) is 16.0 Å². The zero-order chi connectivity index (χ0) is 20.6. The topological polar surface area (TPSA) is 142 Å². The molecule has 1 saturated heterocycles. The number of imide groups is 2. The summed E-state index contributed by atoms with van der Waals surface area (Å²) in [5.74, 6) is -4.73. The van der Waals surface area contributed by atoms with Crippen LogP contribution in [-0.2, 0) is 19.2 Å². The van der Waals surface area contributed by atoms with E-state index < -0.39 is 41.5 Å². The molecule has 0 bridgehead atoms. The number of hydrogen-bond acceptors (Lipinski definition) is 6. The Morgan fingerprint density at radius 1 is 1.18 bits per heavy atom. The van der Waals surface area contributed by atoms with Crippen molar-refractivity contribution in [3.05, 3.63) is 29.3 Å². The Morgan fingerprint density at radius 2 is 1.89 bits per heavy atom. The highest BCUT2D eigenvalue weighted by Crippen LogP contribution is 2.32. The number of hydrogen-bond donors (Lipinski definition) is 3. The molecule has 10 nitrogen and oxygen atoms in total. The normalized spacial score (nSPS) is 19.4. The average molecular weight is 386 g/mol. The second-order valence-electron chi connectivity index (χ2n) is 6.58. The summed E-state index contributed by atoms with van der Waals surface area (Å²) in [5, 5.41) is 6.88. The molecule has 3 N–H and O–H groups in total. The molecule has 0 aromatic heterocycles. The van der Waals surface area contributed by atoms with Gasteiger partial charge in [-0.15, -0.1) is 0 Å². The minimum absolute atomic E-state index is 0.0164. The molecule has 2 atom stereocenters. The van der Waals surface area contributed by atoms with Gasteiger partial charge < -0.3 is 10.6 Å². The van der Waals surface area contributed by atoms with Crippen LogP contribution in [0.4, 0.5) is 5.69 Å². The first-order valence-electron chi connectivity index (χ1n) is 8.71. The summed E-state index contributed by atoms with van der Waals surface area (Å²) in [6.45, 7) is 3.58. The smallest absolute Gasteiger partial charge is 0.313 e. The van der Waals surface area contributed by atoms with Crippen LogP contribution in [0, 0.1) is 0 Å². The fraction of sp³-hybridized carbons (Fsp3) is 0.333. The Morgan fingerprint density at radius 3 is 2.50 bits per heavy atom. The molecular weight excluding hydrogens is 368 g/mol. The molecular formula is C18H18N4O6. The molecule has 0 spiro atoms. The van der Waals surface area contributed by atoms with E-state index in [1.54, 1.807) is 6.92 Å². The Hall–Kier alpha value is -3.56. The largest absolute Gasteiger partial charge is 0.345 e. The third kappa shape index (κ3) is 3.24. The minimum Gasteiger partial charge on any atom is -0.345 e.